The summed E-state index contributed by atoms with van der Waals surface area (Å²) in [5.74, 6) is -0.257. The lowest BCUT2D eigenvalue weighted by atomic mass is 10.0. The Morgan fingerprint density at radius 2 is 2.12 bits per heavy atom. The van der Waals surface area contributed by atoms with E-state index >= 15 is 0 Å². The molecule has 0 bridgehead atoms. The number of benzene rings is 1. The number of hydrogen-bond acceptors (Lipinski definition) is 1. The monoisotopic (exact) mass is 243 g/mol. The summed E-state index contributed by atoms with van der Waals surface area (Å²) in [4.78, 5) is 11.9. The van der Waals surface area contributed by atoms with Gasteiger partial charge in [0, 0.05) is 17.0 Å². The molecule has 4 heteroatoms. The number of carbonyl (C=O) groups excluding carboxylic acids is 1. The summed E-state index contributed by atoms with van der Waals surface area (Å²) < 4.78 is 12.9. The molecule has 1 rings (SSSR count). The summed E-state index contributed by atoms with van der Waals surface area (Å²) in [6, 6.07) is 4.09. The molecule has 0 unspecified atom stereocenters. The molecule has 0 aliphatic rings. The van der Waals surface area contributed by atoms with Gasteiger partial charge in [-0.25, -0.2) is 4.39 Å². The Bertz CT molecular complexity index is 404. The summed E-state index contributed by atoms with van der Waals surface area (Å²) in [6.07, 6.45) is 0. The number of nitrogens with one attached hydrogen (secondary N) is 1. The summed E-state index contributed by atoms with van der Waals surface area (Å²) in [6.45, 7) is 5.36. The number of hydrogen-bond donors (Lipinski definition) is 1. The highest BCUT2D eigenvalue weighted by Gasteiger charge is 2.20. The Morgan fingerprint density at radius 1 is 1.50 bits per heavy atom. The highest BCUT2D eigenvalue weighted by Crippen LogP contribution is 2.12. The van der Waals surface area contributed by atoms with Crippen LogP contribution in [-0.2, 0) is 0 Å². The molecule has 0 aromatic heterocycles. The number of carbonyl (C=O) groups is 1. The van der Waals surface area contributed by atoms with Gasteiger partial charge in [-0.05, 0) is 44.5 Å². The van der Waals surface area contributed by atoms with Gasteiger partial charge in [0.05, 0.1) is 0 Å². The number of halogens is 2. The molecule has 1 amide bonds. The van der Waals surface area contributed by atoms with E-state index in [1.165, 1.54) is 18.2 Å². The van der Waals surface area contributed by atoms with Crippen LogP contribution in [0.5, 0.6) is 0 Å². The second-order valence-corrected chi connectivity index (χ2v) is 4.70. The van der Waals surface area contributed by atoms with Crippen molar-refractivity contribution in [2.45, 2.75) is 26.3 Å². The van der Waals surface area contributed by atoms with Gasteiger partial charge in [-0.15, -0.1) is 11.6 Å². The van der Waals surface area contributed by atoms with E-state index in [9.17, 15) is 9.18 Å². The molecular weight excluding hydrogens is 229 g/mol. The zero-order valence-corrected chi connectivity index (χ0v) is 10.4. The molecule has 0 spiro atoms. The smallest absolute Gasteiger partial charge is 0.251 e. The number of aryl methyl sites for hydroxylation is 1. The summed E-state index contributed by atoms with van der Waals surface area (Å²) in [7, 11) is 0. The minimum atomic E-state index is -0.473. The van der Waals surface area contributed by atoms with E-state index in [-0.39, 0.29) is 11.7 Å². The molecule has 0 radical (unpaired) electrons. The summed E-state index contributed by atoms with van der Waals surface area (Å²) in [5.41, 5.74) is 0.613. The Balaban J connectivity index is 2.89. The van der Waals surface area contributed by atoms with E-state index in [0.717, 1.165) is 0 Å². The second kappa shape index (κ2) is 4.83. The highest BCUT2D eigenvalue weighted by molar-refractivity contribution is 6.18. The minimum absolute atomic E-state index is 0.233. The molecule has 0 saturated heterocycles. The molecule has 0 saturated carbocycles. The first-order chi connectivity index (χ1) is 7.35. The molecule has 0 heterocycles. The standard InChI is InChI=1S/C12H15ClFNO/c1-8-6-9(14)4-5-10(8)11(16)15-12(2,3)7-13/h4-6H,7H2,1-3H3,(H,15,16). The van der Waals surface area contributed by atoms with Gasteiger partial charge in [-0.3, -0.25) is 4.79 Å². The van der Waals surface area contributed by atoms with Crippen molar-refractivity contribution in [1.82, 2.24) is 5.32 Å². The van der Waals surface area contributed by atoms with E-state index < -0.39 is 5.54 Å². The quantitative estimate of drug-likeness (QED) is 0.813. The molecule has 1 aromatic rings. The third-order valence-corrected chi connectivity index (χ3v) is 2.89. The Hall–Kier alpha value is -1.09. The first kappa shape index (κ1) is 13.0. The molecule has 1 aromatic carbocycles. The first-order valence-electron chi connectivity index (χ1n) is 5.00. The third-order valence-electron chi connectivity index (χ3n) is 2.22. The van der Waals surface area contributed by atoms with Crippen LogP contribution in [0.4, 0.5) is 4.39 Å². The van der Waals surface area contributed by atoms with Crippen molar-refractivity contribution in [3.8, 4) is 0 Å². The summed E-state index contributed by atoms with van der Waals surface area (Å²) in [5, 5.41) is 2.79. The predicted octanol–water partition coefficient (Wildman–Crippen LogP) is 2.88. The third kappa shape index (κ3) is 3.20. The van der Waals surface area contributed by atoms with Crippen LogP contribution in [0.3, 0.4) is 0 Å². The van der Waals surface area contributed by atoms with Gasteiger partial charge in [0.2, 0.25) is 0 Å². The van der Waals surface area contributed by atoms with Gasteiger partial charge in [0.25, 0.3) is 5.91 Å². The fourth-order valence-electron chi connectivity index (χ4n) is 1.29. The van der Waals surface area contributed by atoms with Crippen LogP contribution < -0.4 is 5.32 Å². The van der Waals surface area contributed by atoms with E-state index in [2.05, 4.69) is 5.32 Å². The van der Waals surface area contributed by atoms with Crippen LogP contribution in [-0.4, -0.2) is 17.3 Å². The van der Waals surface area contributed by atoms with Crippen molar-refractivity contribution < 1.29 is 9.18 Å². The number of rotatable bonds is 3. The lowest BCUT2D eigenvalue weighted by Gasteiger charge is -2.23. The molecule has 0 aliphatic heterocycles. The van der Waals surface area contributed by atoms with Gasteiger partial charge < -0.3 is 5.32 Å². The van der Waals surface area contributed by atoms with Crippen molar-refractivity contribution in [2.24, 2.45) is 0 Å². The van der Waals surface area contributed by atoms with Crippen molar-refractivity contribution in [3.05, 3.63) is 35.1 Å². The lowest BCUT2D eigenvalue weighted by molar-refractivity contribution is 0.0920. The first-order valence-corrected chi connectivity index (χ1v) is 5.54. The molecule has 0 fully saturated rings. The van der Waals surface area contributed by atoms with Crippen molar-refractivity contribution in [1.29, 1.82) is 0 Å². The van der Waals surface area contributed by atoms with E-state index in [1.54, 1.807) is 6.92 Å². The van der Waals surface area contributed by atoms with Crippen LogP contribution in [0.2, 0.25) is 0 Å². The maximum atomic E-state index is 12.9. The largest absolute Gasteiger partial charge is 0.346 e. The molecule has 16 heavy (non-hydrogen) atoms. The fraction of sp³-hybridized carbons (Fsp3) is 0.417. The van der Waals surface area contributed by atoms with Crippen LogP contribution in [0, 0.1) is 12.7 Å². The van der Waals surface area contributed by atoms with Crippen LogP contribution in [0.15, 0.2) is 18.2 Å². The second-order valence-electron chi connectivity index (χ2n) is 4.43. The van der Waals surface area contributed by atoms with Crippen molar-refractivity contribution in [2.75, 3.05) is 5.88 Å². The van der Waals surface area contributed by atoms with E-state index in [4.69, 9.17) is 11.6 Å². The molecule has 1 N–H and O–H groups in total. The Kier molecular flexibility index (Phi) is 3.92. The molecule has 0 aliphatic carbocycles. The van der Waals surface area contributed by atoms with Crippen LogP contribution in [0.25, 0.3) is 0 Å². The average Bonchev–Trinajstić information content (AvgIpc) is 2.16. The minimum Gasteiger partial charge on any atom is -0.346 e. The molecule has 2 nitrogen and oxygen atoms in total. The zero-order valence-electron chi connectivity index (χ0n) is 9.60. The highest BCUT2D eigenvalue weighted by atomic mass is 35.5. The lowest BCUT2D eigenvalue weighted by Crippen LogP contribution is -2.45. The maximum absolute atomic E-state index is 12.9. The molecule has 88 valence electrons. The van der Waals surface area contributed by atoms with Crippen LogP contribution in [0.1, 0.15) is 29.8 Å². The van der Waals surface area contributed by atoms with Gasteiger partial charge in [-0.1, -0.05) is 0 Å². The zero-order chi connectivity index (χ0) is 12.3. The van der Waals surface area contributed by atoms with Crippen molar-refractivity contribution >= 4 is 17.5 Å². The molecule has 0 atom stereocenters. The molecular formula is C12H15ClFNO. The number of amides is 1. The number of alkyl halides is 1. The van der Waals surface area contributed by atoms with Gasteiger partial charge in [0.15, 0.2) is 0 Å². The Labute approximate surface area is 99.8 Å². The maximum Gasteiger partial charge on any atom is 0.251 e. The van der Waals surface area contributed by atoms with E-state index in [0.29, 0.717) is 17.0 Å². The van der Waals surface area contributed by atoms with Gasteiger partial charge >= 0.3 is 0 Å². The normalized spacial score (nSPS) is 11.3. The summed E-state index contributed by atoms with van der Waals surface area (Å²) >= 11 is 5.72. The van der Waals surface area contributed by atoms with Gasteiger partial charge in [0.1, 0.15) is 5.82 Å². The Morgan fingerprint density at radius 3 is 2.62 bits per heavy atom. The van der Waals surface area contributed by atoms with Crippen LogP contribution >= 0.6 is 11.6 Å². The predicted molar refractivity (Wildman–Crippen MR) is 63.4 cm³/mol. The SMILES string of the molecule is Cc1cc(F)ccc1C(=O)NC(C)(C)CCl. The van der Waals surface area contributed by atoms with Gasteiger partial charge in [-0.2, -0.15) is 0 Å². The fourth-order valence-corrected chi connectivity index (χ4v) is 1.36. The van der Waals surface area contributed by atoms with Crippen molar-refractivity contribution in [3.63, 3.8) is 0 Å². The van der Waals surface area contributed by atoms with E-state index in [1.807, 2.05) is 13.8 Å². The average molecular weight is 244 g/mol. The topological polar surface area (TPSA) is 29.1 Å².